The molecule has 1 aromatic heterocycles. The number of unbranched alkanes of at least 4 members (excludes halogenated alkanes) is 5. The first-order valence-electron chi connectivity index (χ1n) is 11.6. The highest BCUT2D eigenvalue weighted by atomic mass is 14.7. The van der Waals surface area contributed by atoms with Crippen LogP contribution < -0.4 is 0 Å². The van der Waals surface area contributed by atoms with Crippen molar-refractivity contribution in [3.63, 3.8) is 0 Å². The minimum absolute atomic E-state index is 1.10. The predicted molar refractivity (Wildman–Crippen MR) is 130 cm³/mol. The first kappa shape index (κ1) is 20.5. The maximum absolute atomic E-state index is 3.50. The van der Waals surface area contributed by atoms with E-state index in [0.717, 1.165) is 6.42 Å². The van der Waals surface area contributed by atoms with Crippen molar-refractivity contribution >= 4 is 10.9 Å². The molecule has 0 atom stereocenters. The van der Waals surface area contributed by atoms with Crippen LogP contribution in [0.25, 0.3) is 22.0 Å². The lowest BCUT2D eigenvalue weighted by molar-refractivity contribution is 0.605. The second-order valence-corrected chi connectivity index (χ2v) is 8.39. The molecule has 4 aromatic rings. The predicted octanol–water partition coefficient (Wildman–Crippen LogP) is 8.33. The fraction of sp³-hybridized carbons (Fsp3) is 0.310. The summed E-state index contributed by atoms with van der Waals surface area (Å²) >= 11 is 0. The Morgan fingerprint density at radius 1 is 0.667 bits per heavy atom. The van der Waals surface area contributed by atoms with E-state index in [4.69, 9.17) is 0 Å². The van der Waals surface area contributed by atoms with E-state index in [1.165, 1.54) is 83.8 Å². The molecule has 5 rings (SSSR count). The van der Waals surface area contributed by atoms with Crippen LogP contribution in [-0.4, -0.2) is 4.98 Å². The van der Waals surface area contributed by atoms with Crippen LogP contribution >= 0.6 is 0 Å². The molecule has 0 amide bonds. The molecule has 0 fully saturated rings. The lowest BCUT2D eigenvalue weighted by Crippen LogP contribution is -1.85. The van der Waals surface area contributed by atoms with Crippen molar-refractivity contribution in [2.24, 2.45) is 0 Å². The second-order valence-electron chi connectivity index (χ2n) is 8.39. The molecule has 0 aliphatic heterocycles. The summed E-state index contributed by atoms with van der Waals surface area (Å²) in [5.41, 5.74) is 8.42. The van der Waals surface area contributed by atoms with Crippen LogP contribution in [0.5, 0.6) is 0 Å². The van der Waals surface area contributed by atoms with Gasteiger partial charge < -0.3 is 4.98 Å². The number of rotatable bonds is 7. The van der Waals surface area contributed by atoms with E-state index < -0.39 is 0 Å². The van der Waals surface area contributed by atoms with Crippen LogP contribution in [0.1, 0.15) is 62.3 Å². The Balaban J connectivity index is 0.000000150. The van der Waals surface area contributed by atoms with Crippen LogP contribution in [0.2, 0.25) is 0 Å². The van der Waals surface area contributed by atoms with Gasteiger partial charge >= 0.3 is 0 Å². The van der Waals surface area contributed by atoms with Gasteiger partial charge in [0, 0.05) is 11.2 Å². The summed E-state index contributed by atoms with van der Waals surface area (Å²) in [6.45, 7) is 2.27. The summed E-state index contributed by atoms with van der Waals surface area (Å²) < 4.78 is 0. The summed E-state index contributed by atoms with van der Waals surface area (Å²) in [6, 6.07) is 28.1. The third kappa shape index (κ3) is 5.02. The van der Waals surface area contributed by atoms with E-state index in [1.54, 1.807) is 0 Å². The fourth-order valence-corrected chi connectivity index (χ4v) is 4.44. The zero-order valence-electron chi connectivity index (χ0n) is 18.2. The van der Waals surface area contributed by atoms with E-state index in [2.05, 4.69) is 90.8 Å². The standard InChI is InChI=1S/C16H23N.C13H10/c1-2-3-4-5-6-7-11-15-13-14-10-8-9-12-16(14)17-15;1-3-7-12-10(5-1)9-11-6-2-4-8-13(11)12/h8-10,12-13,17H,2-7,11H2,1H3;1-8H,9H2. The number of hydrogen-bond acceptors (Lipinski definition) is 0. The average Bonchev–Trinajstić information content (AvgIpc) is 3.37. The highest BCUT2D eigenvalue weighted by Gasteiger charge is 2.15. The molecular weight excluding hydrogens is 362 g/mol. The third-order valence-electron chi connectivity index (χ3n) is 6.09. The number of aryl methyl sites for hydroxylation is 1. The largest absolute Gasteiger partial charge is 0.358 e. The Bertz CT molecular complexity index is 996. The van der Waals surface area contributed by atoms with Gasteiger partial charge in [0.15, 0.2) is 0 Å². The van der Waals surface area contributed by atoms with Crippen molar-refractivity contribution < 1.29 is 0 Å². The Labute approximate surface area is 181 Å². The number of fused-ring (bicyclic) bond motifs is 4. The van der Waals surface area contributed by atoms with E-state index in [1.807, 2.05) is 0 Å². The Kier molecular flexibility index (Phi) is 7.03. The van der Waals surface area contributed by atoms with E-state index in [-0.39, 0.29) is 0 Å². The molecule has 0 unspecified atom stereocenters. The summed E-state index contributed by atoms with van der Waals surface area (Å²) in [5, 5.41) is 1.34. The van der Waals surface area contributed by atoms with Crippen LogP contribution in [0.4, 0.5) is 0 Å². The Morgan fingerprint density at radius 3 is 1.97 bits per heavy atom. The molecule has 1 heterocycles. The number of H-pyrrole nitrogens is 1. The molecule has 0 radical (unpaired) electrons. The molecular formula is C29H33N. The highest BCUT2D eigenvalue weighted by molar-refractivity contribution is 5.80. The van der Waals surface area contributed by atoms with Crippen LogP contribution in [0.3, 0.4) is 0 Å². The van der Waals surface area contributed by atoms with Gasteiger partial charge in [-0.15, -0.1) is 0 Å². The van der Waals surface area contributed by atoms with Gasteiger partial charge in [-0.2, -0.15) is 0 Å². The molecule has 0 spiro atoms. The third-order valence-corrected chi connectivity index (χ3v) is 6.09. The number of aromatic nitrogens is 1. The van der Waals surface area contributed by atoms with Gasteiger partial charge in [-0.05, 0) is 59.0 Å². The molecule has 0 bridgehead atoms. The number of aromatic amines is 1. The van der Waals surface area contributed by atoms with Crippen molar-refractivity contribution in [3.05, 3.63) is 95.7 Å². The van der Waals surface area contributed by atoms with Crippen molar-refractivity contribution in [3.8, 4) is 11.1 Å². The van der Waals surface area contributed by atoms with Crippen molar-refractivity contribution in [2.75, 3.05) is 0 Å². The number of benzene rings is 3. The first-order chi connectivity index (χ1) is 14.8. The number of para-hydroxylation sites is 1. The number of hydrogen-bond donors (Lipinski definition) is 1. The van der Waals surface area contributed by atoms with Crippen molar-refractivity contribution in [2.45, 2.75) is 58.3 Å². The maximum Gasteiger partial charge on any atom is 0.0456 e. The molecule has 0 saturated heterocycles. The maximum atomic E-state index is 3.50. The van der Waals surface area contributed by atoms with Gasteiger partial charge in [0.25, 0.3) is 0 Å². The molecule has 154 valence electrons. The topological polar surface area (TPSA) is 15.8 Å². The van der Waals surface area contributed by atoms with Gasteiger partial charge in [-0.25, -0.2) is 0 Å². The summed E-state index contributed by atoms with van der Waals surface area (Å²) in [6.07, 6.45) is 10.5. The SMILES string of the molecule is CCCCCCCCc1cc2ccccc2[nH]1.c1ccc2c(c1)Cc1ccccc1-2. The monoisotopic (exact) mass is 395 g/mol. The molecule has 1 aliphatic carbocycles. The van der Waals surface area contributed by atoms with E-state index in [0.29, 0.717) is 0 Å². The lowest BCUT2D eigenvalue weighted by Gasteiger charge is -1.99. The smallest absolute Gasteiger partial charge is 0.0456 e. The van der Waals surface area contributed by atoms with Gasteiger partial charge in [0.2, 0.25) is 0 Å². The summed E-state index contributed by atoms with van der Waals surface area (Å²) in [5.74, 6) is 0. The van der Waals surface area contributed by atoms with Crippen molar-refractivity contribution in [1.82, 2.24) is 4.98 Å². The van der Waals surface area contributed by atoms with Crippen LogP contribution in [0, 0.1) is 0 Å². The van der Waals surface area contributed by atoms with Crippen LogP contribution in [0.15, 0.2) is 78.9 Å². The molecule has 1 N–H and O–H groups in total. The Hall–Kier alpha value is -2.80. The minimum atomic E-state index is 1.10. The van der Waals surface area contributed by atoms with Gasteiger partial charge in [0.05, 0.1) is 0 Å². The van der Waals surface area contributed by atoms with E-state index in [9.17, 15) is 0 Å². The summed E-state index contributed by atoms with van der Waals surface area (Å²) in [4.78, 5) is 3.50. The first-order valence-corrected chi connectivity index (χ1v) is 11.6. The zero-order valence-corrected chi connectivity index (χ0v) is 18.2. The zero-order chi connectivity index (χ0) is 20.6. The normalized spacial score (nSPS) is 11.6. The fourth-order valence-electron chi connectivity index (χ4n) is 4.44. The second kappa shape index (κ2) is 10.3. The van der Waals surface area contributed by atoms with Crippen LogP contribution in [-0.2, 0) is 12.8 Å². The number of nitrogens with one attached hydrogen (secondary N) is 1. The summed E-state index contributed by atoms with van der Waals surface area (Å²) in [7, 11) is 0. The van der Waals surface area contributed by atoms with Crippen molar-refractivity contribution in [1.29, 1.82) is 0 Å². The quantitative estimate of drug-likeness (QED) is 0.267. The lowest BCUT2D eigenvalue weighted by atomic mass is 10.1. The van der Waals surface area contributed by atoms with Gasteiger partial charge in [-0.3, -0.25) is 0 Å². The average molecular weight is 396 g/mol. The van der Waals surface area contributed by atoms with E-state index >= 15 is 0 Å². The molecule has 1 heteroatoms. The van der Waals surface area contributed by atoms with Gasteiger partial charge in [-0.1, -0.05) is 106 Å². The highest BCUT2D eigenvalue weighted by Crippen LogP contribution is 2.35. The molecule has 30 heavy (non-hydrogen) atoms. The van der Waals surface area contributed by atoms with Gasteiger partial charge in [0.1, 0.15) is 0 Å². The Morgan fingerprint density at radius 2 is 1.27 bits per heavy atom. The molecule has 1 nitrogen and oxygen atoms in total. The molecule has 3 aromatic carbocycles. The minimum Gasteiger partial charge on any atom is -0.358 e. The molecule has 1 aliphatic rings. The molecule has 0 saturated carbocycles.